The van der Waals surface area contributed by atoms with Gasteiger partial charge in [-0.2, -0.15) is 5.10 Å². The molecule has 0 radical (unpaired) electrons. The van der Waals surface area contributed by atoms with E-state index in [2.05, 4.69) is 15.4 Å². The van der Waals surface area contributed by atoms with Crippen molar-refractivity contribution in [1.29, 1.82) is 0 Å². The van der Waals surface area contributed by atoms with Crippen molar-refractivity contribution in [2.45, 2.75) is 25.4 Å². The van der Waals surface area contributed by atoms with Crippen molar-refractivity contribution in [3.63, 3.8) is 0 Å². The van der Waals surface area contributed by atoms with Gasteiger partial charge in [0, 0.05) is 49.1 Å². The Bertz CT molecular complexity index is 1250. The number of amides is 3. The molecule has 3 N–H and O–H groups in total. The first kappa shape index (κ1) is 19.0. The number of rotatable bonds is 3. The number of aromatic nitrogens is 3. The van der Waals surface area contributed by atoms with Gasteiger partial charge < -0.3 is 10.6 Å². The maximum absolute atomic E-state index is 12.9. The Balaban J connectivity index is 1.50. The molecule has 31 heavy (non-hydrogen) atoms. The number of hydrogen-bond donors (Lipinski definition) is 2. The van der Waals surface area contributed by atoms with E-state index in [0.717, 1.165) is 27.9 Å². The number of anilines is 1. The third kappa shape index (κ3) is 3.14. The molecule has 156 valence electrons. The lowest BCUT2D eigenvalue weighted by Gasteiger charge is -2.29. The van der Waals surface area contributed by atoms with Crippen LogP contribution in [0.4, 0.5) is 5.69 Å². The molecule has 0 aliphatic carbocycles. The predicted octanol–water partition coefficient (Wildman–Crippen LogP) is 1.49. The van der Waals surface area contributed by atoms with Crippen LogP contribution in [0.25, 0.3) is 22.4 Å². The fraction of sp³-hybridized carbons (Fsp3) is 0.227. The van der Waals surface area contributed by atoms with E-state index in [0.29, 0.717) is 24.2 Å². The van der Waals surface area contributed by atoms with Crippen molar-refractivity contribution < 1.29 is 14.4 Å². The molecule has 3 aromatic rings. The molecule has 0 saturated carbocycles. The van der Waals surface area contributed by atoms with Gasteiger partial charge in [-0.1, -0.05) is 6.07 Å². The molecule has 0 spiro atoms. The normalized spacial score (nSPS) is 18.3. The maximum atomic E-state index is 12.9. The smallest absolute Gasteiger partial charge is 0.255 e. The molecule has 9 nitrogen and oxygen atoms in total. The van der Waals surface area contributed by atoms with Crippen LogP contribution < -0.4 is 11.1 Å². The lowest BCUT2D eigenvalue weighted by atomic mass is 9.98. The minimum absolute atomic E-state index is 0.192. The summed E-state index contributed by atoms with van der Waals surface area (Å²) in [5.74, 6) is -0.906. The molecule has 1 saturated heterocycles. The topological polar surface area (TPSA) is 123 Å². The summed E-state index contributed by atoms with van der Waals surface area (Å²) in [6, 6.07) is 6.83. The third-order valence-electron chi connectivity index (χ3n) is 5.81. The number of pyridine rings is 1. The number of imide groups is 1. The van der Waals surface area contributed by atoms with Crippen molar-refractivity contribution in [2.24, 2.45) is 7.05 Å². The summed E-state index contributed by atoms with van der Waals surface area (Å²) >= 11 is 0. The number of nitrogen functional groups attached to an aromatic ring is 1. The van der Waals surface area contributed by atoms with Crippen molar-refractivity contribution in [2.75, 3.05) is 5.73 Å². The second-order valence-electron chi connectivity index (χ2n) is 7.81. The van der Waals surface area contributed by atoms with Crippen molar-refractivity contribution in [1.82, 2.24) is 25.0 Å². The van der Waals surface area contributed by atoms with Gasteiger partial charge in [-0.25, -0.2) is 0 Å². The van der Waals surface area contributed by atoms with E-state index in [1.807, 2.05) is 25.2 Å². The molecule has 1 atom stereocenters. The van der Waals surface area contributed by atoms with Gasteiger partial charge in [0.05, 0.1) is 17.6 Å². The second kappa shape index (κ2) is 7.05. The largest absolute Gasteiger partial charge is 0.397 e. The highest BCUT2D eigenvalue weighted by Crippen LogP contribution is 2.35. The molecule has 0 bridgehead atoms. The van der Waals surface area contributed by atoms with Crippen LogP contribution in [0.1, 0.15) is 28.8 Å². The molecule has 9 heteroatoms. The Kier molecular flexibility index (Phi) is 4.32. The summed E-state index contributed by atoms with van der Waals surface area (Å²) in [6.45, 7) is 0.323. The van der Waals surface area contributed by atoms with Crippen molar-refractivity contribution in [3.05, 3.63) is 54.0 Å². The number of nitrogens with one attached hydrogen (secondary N) is 1. The summed E-state index contributed by atoms with van der Waals surface area (Å²) in [4.78, 5) is 42.4. The van der Waals surface area contributed by atoms with Crippen molar-refractivity contribution in [3.8, 4) is 22.4 Å². The lowest BCUT2D eigenvalue weighted by Crippen LogP contribution is -2.52. The number of fused-ring (bicyclic) bond motifs is 1. The van der Waals surface area contributed by atoms with Crippen LogP contribution in [0.15, 0.2) is 42.9 Å². The molecule has 4 heterocycles. The molecule has 1 fully saturated rings. The fourth-order valence-corrected chi connectivity index (χ4v) is 4.32. The molecule has 5 rings (SSSR count). The van der Waals surface area contributed by atoms with E-state index in [-0.39, 0.29) is 18.2 Å². The number of nitrogens with two attached hydrogens (primary N) is 1. The fourth-order valence-electron chi connectivity index (χ4n) is 4.32. The molecular formula is C22H20N6O3. The van der Waals surface area contributed by atoms with Gasteiger partial charge in [-0.15, -0.1) is 0 Å². The molecular weight excluding hydrogens is 396 g/mol. The summed E-state index contributed by atoms with van der Waals surface area (Å²) < 4.78 is 1.76. The molecule has 3 amide bonds. The standard InChI is InChI=1S/C22H20N6O3/c1-27-20(13-7-15(23)9-24-8-13)17(10-25-27)12-2-3-16-14(6-12)11-28(22(16)31)18-4-5-19(29)26-21(18)30/h2-3,6-10,18H,4-5,11,23H2,1H3,(H,26,29,30). The van der Waals surface area contributed by atoms with E-state index in [1.54, 1.807) is 34.2 Å². The zero-order valence-corrected chi connectivity index (χ0v) is 16.8. The highest BCUT2D eigenvalue weighted by molar-refractivity contribution is 6.05. The Morgan fingerprint density at radius 3 is 2.68 bits per heavy atom. The number of piperidine rings is 1. The van der Waals surface area contributed by atoms with Crippen LogP contribution in [-0.2, 0) is 23.2 Å². The highest BCUT2D eigenvalue weighted by Gasteiger charge is 2.39. The molecule has 2 aromatic heterocycles. The van der Waals surface area contributed by atoms with Gasteiger partial charge in [-0.05, 0) is 35.7 Å². The number of hydrogen-bond acceptors (Lipinski definition) is 6. The Morgan fingerprint density at radius 1 is 1.06 bits per heavy atom. The average Bonchev–Trinajstić information content (AvgIpc) is 3.28. The molecule has 2 aliphatic heterocycles. The van der Waals surface area contributed by atoms with Gasteiger partial charge >= 0.3 is 0 Å². The van der Waals surface area contributed by atoms with Gasteiger partial charge in [0.1, 0.15) is 6.04 Å². The zero-order chi connectivity index (χ0) is 21.7. The van der Waals surface area contributed by atoms with E-state index in [9.17, 15) is 14.4 Å². The number of aryl methyl sites for hydroxylation is 1. The van der Waals surface area contributed by atoms with Crippen LogP contribution in [0.5, 0.6) is 0 Å². The lowest BCUT2D eigenvalue weighted by molar-refractivity contribution is -0.136. The van der Waals surface area contributed by atoms with Gasteiger partial charge in [-0.3, -0.25) is 29.4 Å². The van der Waals surface area contributed by atoms with E-state index in [1.165, 1.54) is 0 Å². The molecule has 2 aliphatic rings. The zero-order valence-electron chi connectivity index (χ0n) is 16.8. The Morgan fingerprint density at radius 2 is 1.90 bits per heavy atom. The summed E-state index contributed by atoms with van der Waals surface area (Å²) in [6.07, 6.45) is 5.67. The SMILES string of the molecule is Cn1ncc(-c2ccc3c(c2)CN(C2CCC(=O)NC2=O)C3=O)c1-c1cncc(N)c1. The third-order valence-corrected chi connectivity index (χ3v) is 5.81. The second-order valence-corrected chi connectivity index (χ2v) is 7.81. The Labute approximate surface area is 177 Å². The average molecular weight is 416 g/mol. The minimum Gasteiger partial charge on any atom is -0.397 e. The minimum atomic E-state index is -0.631. The van der Waals surface area contributed by atoms with E-state index in [4.69, 9.17) is 5.73 Å². The van der Waals surface area contributed by atoms with Crippen LogP contribution in [-0.4, -0.2) is 43.4 Å². The first-order chi connectivity index (χ1) is 14.9. The maximum Gasteiger partial charge on any atom is 0.255 e. The quantitative estimate of drug-likeness (QED) is 0.624. The predicted molar refractivity (Wildman–Crippen MR) is 112 cm³/mol. The van der Waals surface area contributed by atoms with E-state index >= 15 is 0 Å². The Hall–Kier alpha value is -4.01. The summed E-state index contributed by atoms with van der Waals surface area (Å²) in [5.41, 5.74) is 11.4. The first-order valence-electron chi connectivity index (χ1n) is 9.93. The van der Waals surface area contributed by atoms with Crippen molar-refractivity contribution >= 4 is 23.4 Å². The van der Waals surface area contributed by atoms with Gasteiger partial charge in [0.15, 0.2) is 0 Å². The number of nitrogens with zero attached hydrogens (tertiary/aromatic N) is 4. The molecule has 1 aromatic carbocycles. The van der Waals surface area contributed by atoms with Crippen LogP contribution in [0, 0.1) is 0 Å². The van der Waals surface area contributed by atoms with Crippen LogP contribution >= 0.6 is 0 Å². The highest BCUT2D eigenvalue weighted by atomic mass is 16.2. The summed E-state index contributed by atoms with van der Waals surface area (Å²) in [5, 5.41) is 6.72. The first-order valence-corrected chi connectivity index (χ1v) is 9.93. The number of carbonyl (C=O) groups excluding carboxylic acids is 3. The van der Waals surface area contributed by atoms with Gasteiger partial charge in [0.2, 0.25) is 11.8 Å². The van der Waals surface area contributed by atoms with Crippen LogP contribution in [0.2, 0.25) is 0 Å². The van der Waals surface area contributed by atoms with Gasteiger partial charge in [0.25, 0.3) is 5.91 Å². The number of benzene rings is 1. The summed E-state index contributed by atoms with van der Waals surface area (Å²) in [7, 11) is 1.85. The van der Waals surface area contributed by atoms with E-state index < -0.39 is 11.9 Å². The molecule has 1 unspecified atom stereocenters. The number of carbonyl (C=O) groups is 3. The monoisotopic (exact) mass is 416 g/mol. The van der Waals surface area contributed by atoms with Crippen LogP contribution in [0.3, 0.4) is 0 Å².